The van der Waals surface area contributed by atoms with E-state index in [0.717, 1.165) is 17.7 Å². The van der Waals surface area contributed by atoms with Gasteiger partial charge in [-0.1, -0.05) is 74.5 Å². The largest absolute Gasteiger partial charge is 0.273 e. The predicted octanol–water partition coefficient (Wildman–Crippen LogP) is 3.97. The number of carbonyl (C=O) groups excluding carboxylic acids is 1. The Labute approximate surface area is 137 Å². The number of nitrogens with zero attached hydrogens (tertiary/aromatic N) is 1. The molecule has 2 atom stereocenters. The molecule has 0 radical (unpaired) electrons. The fraction of sp³-hybridized carbons (Fsp3) is 0.300. The van der Waals surface area contributed by atoms with Gasteiger partial charge in [-0.25, -0.2) is 5.43 Å². The van der Waals surface area contributed by atoms with Gasteiger partial charge in [0.15, 0.2) is 0 Å². The summed E-state index contributed by atoms with van der Waals surface area (Å²) < 4.78 is 0. The van der Waals surface area contributed by atoms with Crippen molar-refractivity contribution in [2.24, 2.45) is 16.9 Å². The van der Waals surface area contributed by atoms with Crippen molar-refractivity contribution in [3.05, 3.63) is 71.8 Å². The quantitative estimate of drug-likeness (QED) is 0.659. The van der Waals surface area contributed by atoms with Crippen LogP contribution in [-0.2, 0) is 4.79 Å². The molecule has 1 N–H and O–H groups in total. The van der Waals surface area contributed by atoms with Gasteiger partial charge in [-0.05, 0) is 29.4 Å². The number of hydrogen-bond acceptors (Lipinski definition) is 2. The van der Waals surface area contributed by atoms with Crippen LogP contribution in [0.25, 0.3) is 0 Å². The summed E-state index contributed by atoms with van der Waals surface area (Å²) in [5.41, 5.74) is 5.98. The average molecular weight is 306 g/mol. The van der Waals surface area contributed by atoms with Gasteiger partial charge in [-0.15, -0.1) is 0 Å². The van der Waals surface area contributed by atoms with Gasteiger partial charge in [0.2, 0.25) is 5.91 Å². The topological polar surface area (TPSA) is 41.5 Å². The molecule has 1 saturated carbocycles. The Bertz CT molecular complexity index is 692. The van der Waals surface area contributed by atoms with Crippen LogP contribution in [-0.4, -0.2) is 11.6 Å². The summed E-state index contributed by atoms with van der Waals surface area (Å²) in [4.78, 5) is 12.3. The van der Waals surface area contributed by atoms with Crippen molar-refractivity contribution < 1.29 is 4.79 Å². The summed E-state index contributed by atoms with van der Waals surface area (Å²) in [6.45, 7) is 4.17. The Hall–Kier alpha value is -2.42. The molecule has 1 aliphatic carbocycles. The number of nitrogens with one attached hydrogen (secondary N) is 1. The van der Waals surface area contributed by atoms with Crippen molar-refractivity contribution in [3.8, 4) is 0 Å². The number of benzene rings is 2. The third-order valence-electron chi connectivity index (χ3n) is 4.26. The zero-order chi connectivity index (χ0) is 16.2. The summed E-state index contributed by atoms with van der Waals surface area (Å²) in [6, 6.07) is 20.2. The van der Waals surface area contributed by atoms with Crippen LogP contribution >= 0.6 is 0 Å². The Morgan fingerprint density at radius 2 is 1.65 bits per heavy atom. The third-order valence-corrected chi connectivity index (χ3v) is 4.26. The molecule has 1 amide bonds. The van der Waals surface area contributed by atoms with Gasteiger partial charge < -0.3 is 0 Å². The summed E-state index contributed by atoms with van der Waals surface area (Å²) in [5, 5.41) is 4.40. The summed E-state index contributed by atoms with van der Waals surface area (Å²) in [5.74, 6) is 0.658. The van der Waals surface area contributed by atoms with Crippen LogP contribution in [0.2, 0.25) is 0 Å². The smallest absolute Gasteiger partial charge is 0.243 e. The maximum atomic E-state index is 12.3. The van der Waals surface area contributed by atoms with E-state index in [1.807, 2.05) is 48.5 Å². The second-order valence-corrected chi connectivity index (χ2v) is 6.35. The van der Waals surface area contributed by atoms with Gasteiger partial charge in [0.25, 0.3) is 0 Å². The first-order chi connectivity index (χ1) is 11.2. The predicted molar refractivity (Wildman–Crippen MR) is 93.2 cm³/mol. The second kappa shape index (κ2) is 6.78. The lowest BCUT2D eigenvalue weighted by Gasteiger charge is -2.10. The highest BCUT2D eigenvalue weighted by molar-refractivity contribution is 6.02. The van der Waals surface area contributed by atoms with E-state index in [1.165, 1.54) is 5.56 Å². The lowest BCUT2D eigenvalue weighted by atomic mass is 10.0. The van der Waals surface area contributed by atoms with Gasteiger partial charge in [-0.3, -0.25) is 4.79 Å². The Balaban J connectivity index is 1.66. The summed E-state index contributed by atoms with van der Waals surface area (Å²) in [7, 11) is 0. The van der Waals surface area contributed by atoms with Gasteiger partial charge >= 0.3 is 0 Å². The van der Waals surface area contributed by atoms with E-state index in [2.05, 4.69) is 36.5 Å². The molecule has 3 rings (SSSR count). The number of hydrogen-bond donors (Lipinski definition) is 1. The minimum absolute atomic E-state index is 0.0212. The van der Waals surface area contributed by atoms with Gasteiger partial charge in [0.05, 0.1) is 5.71 Å². The highest BCUT2D eigenvalue weighted by Gasteiger charge is 2.43. The molecule has 3 nitrogen and oxygen atoms in total. The first-order valence-electron chi connectivity index (χ1n) is 8.14. The maximum Gasteiger partial charge on any atom is 0.243 e. The molecule has 0 heterocycles. The van der Waals surface area contributed by atoms with Crippen molar-refractivity contribution in [1.29, 1.82) is 0 Å². The van der Waals surface area contributed by atoms with E-state index in [1.54, 1.807) is 0 Å². The van der Waals surface area contributed by atoms with E-state index in [9.17, 15) is 4.79 Å². The molecule has 2 aromatic rings. The molecule has 0 saturated heterocycles. The van der Waals surface area contributed by atoms with E-state index < -0.39 is 0 Å². The molecule has 118 valence electrons. The van der Waals surface area contributed by atoms with Crippen LogP contribution in [0.15, 0.2) is 65.8 Å². The first-order valence-corrected chi connectivity index (χ1v) is 8.14. The van der Waals surface area contributed by atoms with E-state index >= 15 is 0 Å². The fourth-order valence-electron chi connectivity index (χ4n) is 2.89. The average Bonchev–Trinajstić information content (AvgIpc) is 3.37. The van der Waals surface area contributed by atoms with Crippen LogP contribution in [0, 0.1) is 11.8 Å². The summed E-state index contributed by atoms with van der Waals surface area (Å²) in [6.07, 6.45) is 0.910. The van der Waals surface area contributed by atoms with Crippen molar-refractivity contribution in [3.63, 3.8) is 0 Å². The lowest BCUT2D eigenvalue weighted by molar-refractivity contribution is -0.122. The molecule has 1 fully saturated rings. The standard InChI is InChI=1S/C20H22N2O/c1-14(2)19(16-11-7-4-8-12-16)21-22-20(23)18-13-17(18)15-9-5-3-6-10-15/h3-12,14,17-18H,13H2,1-2H3,(H,22,23)/b21-19-/t17-,18+/m0/s1. The van der Waals surface area contributed by atoms with Crippen molar-refractivity contribution in [2.45, 2.75) is 26.2 Å². The van der Waals surface area contributed by atoms with Crippen LogP contribution in [0.5, 0.6) is 0 Å². The van der Waals surface area contributed by atoms with Crippen LogP contribution in [0.4, 0.5) is 0 Å². The monoisotopic (exact) mass is 306 g/mol. The SMILES string of the molecule is CC(C)/C(=N/NC(=O)[C@@H]1C[C@H]1c1ccccc1)c1ccccc1. The minimum atomic E-state index is 0.0212. The van der Waals surface area contributed by atoms with Crippen LogP contribution < -0.4 is 5.43 Å². The maximum absolute atomic E-state index is 12.3. The zero-order valence-electron chi connectivity index (χ0n) is 13.6. The van der Waals surface area contributed by atoms with Gasteiger partial charge in [-0.2, -0.15) is 5.10 Å². The van der Waals surface area contributed by atoms with Crippen molar-refractivity contribution in [1.82, 2.24) is 5.43 Å². The molecule has 0 unspecified atom stereocenters. The van der Waals surface area contributed by atoms with Gasteiger partial charge in [0.1, 0.15) is 0 Å². The minimum Gasteiger partial charge on any atom is -0.273 e. The molecule has 0 aromatic heterocycles. The lowest BCUT2D eigenvalue weighted by Crippen LogP contribution is -2.24. The summed E-state index contributed by atoms with van der Waals surface area (Å²) >= 11 is 0. The molecular formula is C20H22N2O. The molecule has 0 aliphatic heterocycles. The normalized spacial score (nSPS) is 20.4. The molecule has 0 spiro atoms. The Morgan fingerprint density at radius 1 is 1.04 bits per heavy atom. The molecule has 0 bridgehead atoms. The fourth-order valence-corrected chi connectivity index (χ4v) is 2.89. The van der Waals surface area contributed by atoms with Crippen LogP contribution in [0.3, 0.4) is 0 Å². The van der Waals surface area contributed by atoms with Crippen molar-refractivity contribution >= 4 is 11.6 Å². The van der Waals surface area contributed by atoms with Crippen molar-refractivity contribution in [2.75, 3.05) is 0 Å². The molecular weight excluding hydrogens is 284 g/mol. The number of amides is 1. The highest BCUT2D eigenvalue weighted by Crippen LogP contribution is 2.47. The van der Waals surface area contributed by atoms with Crippen LogP contribution in [0.1, 0.15) is 37.3 Å². The Kier molecular flexibility index (Phi) is 4.56. The van der Waals surface area contributed by atoms with E-state index in [4.69, 9.17) is 0 Å². The molecule has 2 aromatic carbocycles. The first kappa shape index (κ1) is 15.5. The number of hydrazone groups is 1. The molecule has 23 heavy (non-hydrogen) atoms. The third kappa shape index (κ3) is 3.67. The second-order valence-electron chi connectivity index (χ2n) is 6.35. The molecule has 3 heteroatoms. The van der Waals surface area contributed by atoms with Gasteiger partial charge in [0, 0.05) is 5.92 Å². The number of carbonyl (C=O) groups is 1. The van der Waals surface area contributed by atoms with E-state index in [0.29, 0.717) is 5.92 Å². The highest BCUT2D eigenvalue weighted by atomic mass is 16.2. The Morgan fingerprint density at radius 3 is 2.26 bits per heavy atom. The number of rotatable bonds is 5. The van der Waals surface area contributed by atoms with E-state index in [-0.39, 0.29) is 17.7 Å². The zero-order valence-corrected chi connectivity index (χ0v) is 13.6. The molecule has 1 aliphatic rings.